The van der Waals surface area contributed by atoms with Crippen molar-refractivity contribution >= 4 is 11.7 Å². The molecule has 0 atom stereocenters. The summed E-state index contributed by atoms with van der Waals surface area (Å²) in [5, 5.41) is 0. The number of benzene rings is 1. The van der Waals surface area contributed by atoms with E-state index in [4.69, 9.17) is 15.2 Å². The minimum atomic E-state index is -0.406. The molecule has 0 radical (unpaired) electrons. The van der Waals surface area contributed by atoms with Crippen LogP contribution < -0.4 is 10.5 Å². The lowest BCUT2D eigenvalue weighted by atomic mass is 10.1. The second kappa shape index (κ2) is 7.88. The number of rotatable bonds is 6. The van der Waals surface area contributed by atoms with Gasteiger partial charge in [-0.15, -0.1) is 0 Å². The van der Waals surface area contributed by atoms with Crippen LogP contribution in [-0.2, 0) is 4.74 Å². The number of para-hydroxylation sites is 1. The van der Waals surface area contributed by atoms with Crippen LogP contribution in [-0.4, -0.2) is 43.7 Å². The van der Waals surface area contributed by atoms with E-state index >= 15 is 0 Å². The minimum Gasteiger partial charge on any atom is -0.490 e. The third kappa shape index (κ3) is 4.36. The number of nitrogen functional groups attached to an aromatic ring is 1. The van der Waals surface area contributed by atoms with Crippen molar-refractivity contribution in [3.05, 3.63) is 23.8 Å². The summed E-state index contributed by atoms with van der Waals surface area (Å²) in [4.78, 5) is 14.2. The van der Waals surface area contributed by atoms with Crippen molar-refractivity contribution in [1.29, 1.82) is 0 Å². The van der Waals surface area contributed by atoms with E-state index in [0.717, 1.165) is 19.6 Å². The van der Waals surface area contributed by atoms with Crippen molar-refractivity contribution in [1.82, 2.24) is 4.90 Å². The van der Waals surface area contributed by atoms with E-state index in [1.165, 1.54) is 19.3 Å². The molecule has 0 amide bonds. The average Bonchev–Trinajstić information content (AvgIpc) is 2.50. The molecule has 2 rings (SSSR count). The molecule has 1 aliphatic rings. The summed E-state index contributed by atoms with van der Waals surface area (Å²) < 4.78 is 10.7. The van der Waals surface area contributed by atoms with Gasteiger partial charge in [0.2, 0.25) is 0 Å². The molecule has 1 saturated heterocycles. The summed E-state index contributed by atoms with van der Waals surface area (Å²) in [6.45, 7) is 5.86. The molecular formula is C16H24N2O3. The number of nitrogens with zero attached hydrogens (tertiary/aromatic N) is 1. The van der Waals surface area contributed by atoms with Crippen molar-refractivity contribution in [2.45, 2.75) is 26.2 Å². The molecule has 0 aliphatic carbocycles. The minimum absolute atomic E-state index is 0.332. The highest BCUT2D eigenvalue weighted by Crippen LogP contribution is 2.25. The number of esters is 1. The number of carbonyl (C=O) groups is 1. The Kier molecular flexibility index (Phi) is 5.87. The third-order valence-electron chi connectivity index (χ3n) is 3.68. The molecule has 1 fully saturated rings. The molecule has 1 aliphatic heterocycles. The molecule has 1 heterocycles. The van der Waals surface area contributed by atoms with E-state index in [-0.39, 0.29) is 0 Å². The Morgan fingerprint density at radius 3 is 2.76 bits per heavy atom. The first-order valence-corrected chi connectivity index (χ1v) is 7.63. The molecule has 5 nitrogen and oxygen atoms in total. The number of carbonyl (C=O) groups excluding carboxylic acids is 1. The van der Waals surface area contributed by atoms with Crippen LogP contribution in [0.25, 0.3) is 0 Å². The van der Waals surface area contributed by atoms with Crippen molar-refractivity contribution in [2.24, 2.45) is 0 Å². The number of anilines is 1. The normalized spacial score (nSPS) is 15.7. The van der Waals surface area contributed by atoms with Crippen LogP contribution in [0.4, 0.5) is 5.69 Å². The van der Waals surface area contributed by atoms with Crippen LogP contribution in [0.15, 0.2) is 18.2 Å². The highest BCUT2D eigenvalue weighted by Gasteiger charge is 2.15. The van der Waals surface area contributed by atoms with Gasteiger partial charge >= 0.3 is 5.97 Å². The lowest BCUT2D eigenvalue weighted by Crippen LogP contribution is -2.33. The van der Waals surface area contributed by atoms with E-state index in [1.54, 1.807) is 25.1 Å². The molecule has 116 valence electrons. The van der Waals surface area contributed by atoms with Crippen LogP contribution in [0.5, 0.6) is 5.75 Å². The molecule has 2 N–H and O–H groups in total. The number of ether oxygens (including phenoxy) is 2. The summed E-state index contributed by atoms with van der Waals surface area (Å²) in [7, 11) is 0. The highest BCUT2D eigenvalue weighted by molar-refractivity contribution is 5.96. The van der Waals surface area contributed by atoms with Crippen LogP contribution in [0, 0.1) is 0 Å². The van der Waals surface area contributed by atoms with Gasteiger partial charge in [0.1, 0.15) is 12.4 Å². The number of piperidine rings is 1. The molecule has 0 aromatic heterocycles. The first kappa shape index (κ1) is 15.6. The molecule has 0 spiro atoms. The fourth-order valence-corrected chi connectivity index (χ4v) is 2.52. The standard InChI is InChI=1S/C16H24N2O3/c1-2-20-16(19)13-7-6-8-14(15(13)17)21-12-11-18-9-4-3-5-10-18/h6-8H,2-5,9-12,17H2,1H3. The van der Waals surface area contributed by atoms with Gasteiger partial charge in [-0.25, -0.2) is 4.79 Å². The fourth-order valence-electron chi connectivity index (χ4n) is 2.52. The summed E-state index contributed by atoms with van der Waals surface area (Å²) in [5.74, 6) is 0.147. The van der Waals surface area contributed by atoms with Crippen LogP contribution in [0.2, 0.25) is 0 Å². The monoisotopic (exact) mass is 292 g/mol. The van der Waals surface area contributed by atoms with Crippen molar-refractivity contribution < 1.29 is 14.3 Å². The zero-order valence-corrected chi connectivity index (χ0v) is 12.6. The van der Waals surface area contributed by atoms with Crippen molar-refractivity contribution in [2.75, 3.05) is 38.6 Å². The summed E-state index contributed by atoms with van der Waals surface area (Å²) >= 11 is 0. The zero-order valence-electron chi connectivity index (χ0n) is 12.6. The molecule has 5 heteroatoms. The Bertz CT molecular complexity index is 471. The van der Waals surface area contributed by atoms with Gasteiger partial charge in [0, 0.05) is 6.54 Å². The van der Waals surface area contributed by atoms with Gasteiger partial charge in [-0.2, -0.15) is 0 Å². The van der Waals surface area contributed by atoms with Crippen molar-refractivity contribution in [3.8, 4) is 5.75 Å². The smallest absolute Gasteiger partial charge is 0.340 e. The quantitative estimate of drug-likeness (QED) is 0.644. The largest absolute Gasteiger partial charge is 0.490 e. The van der Waals surface area contributed by atoms with Crippen LogP contribution in [0.1, 0.15) is 36.5 Å². The maximum atomic E-state index is 11.8. The number of likely N-dealkylation sites (tertiary alicyclic amines) is 1. The van der Waals surface area contributed by atoms with Gasteiger partial charge in [0.25, 0.3) is 0 Å². The predicted molar refractivity (Wildman–Crippen MR) is 82.6 cm³/mol. The number of hydrogen-bond donors (Lipinski definition) is 1. The van der Waals surface area contributed by atoms with Crippen LogP contribution in [0.3, 0.4) is 0 Å². The summed E-state index contributed by atoms with van der Waals surface area (Å²) in [6, 6.07) is 5.21. The molecular weight excluding hydrogens is 268 g/mol. The maximum Gasteiger partial charge on any atom is 0.340 e. The van der Waals surface area contributed by atoms with Gasteiger partial charge < -0.3 is 15.2 Å². The number of nitrogens with two attached hydrogens (primary N) is 1. The lowest BCUT2D eigenvalue weighted by molar-refractivity contribution is 0.0527. The van der Waals surface area contributed by atoms with E-state index in [2.05, 4.69) is 4.90 Å². The van der Waals surface area contributed by atoms with E-state index < -0.39 is 5.97 Å². The Balaban J connectivity index is 1.90. The topological polar surface area (TPSA) is 64.8 Å². The van der Waals surface area contributed by atoms with E-state index in [1.807, 2.05) is 0 Å². The Hall–Kier alpha value is -1.75. The lowest BCUT2D eigenvalue weighted by Gasteiger charge is -2.26. The fraction of sp³-hybridized carbons (Fsp3) is 0.562. The molecule has 0 unspecified atom stereocenters. The Morgan fingerprint density at radius 2 is 2.05 bits per heavy atom. The summed E-state index contributed by atoms with van der Waals surface area (Å²) in [6.07, 6.45) is 3.85. The van der Waals surface area contributed by atoms with Gasteiger partial charge in [-0.1, -0.05) is 12.5 Å². The second-order valence-corrected chi connectivity index (χ2v) is 5.19. The zero-order chi connectivity index (χ0) is 15.1. The Morgan fingerprint density at radius 1 is 1.29 bits per heavy atom. The Labute approximate surface area is 126 Å². The second-order valence-electron chi connectivity index (χ2n) is 5.19. The molecule has 0 saturated carbocycles. The third-order valence-corrected chi connectivity index (χ3v) is 3.68. The molecule has 1 aromatic rings. The predicted octanol–water partition coefficient (Wildman–Crippen LogP) is 2.31. The SMILES string of the molecule is CCOC(=O)c1cccc(OCCN2CCCCC2)c1N. The van der Waals surface area contributed by atoms with Gasteiger partial charge in [0.05, 0.1) is 17.9 Å². The highest BCUT2D eigenvalue weighted by atomic mass is 16.5. The van der Waals surface area contributed by atoms with Gasteiger partial charge in [0.15, 0.2) is 0 Å². The molecule has 21 heavy (non-hydrogen) atoms. The molecule has 0 bridgehead atoms. The first-order chi connectivity index (χ1) is 10.2. The number of hydrogen-bond acceptors (Lipinski definition) is 5. The first-order valence-electron chi connectivity index (χ1n) is 7.63. The van der Waals surface area contributed by atoms with Crippen molar-refractivity contribution in [3.63, 3.8) is 0 Å². The van der Waals surface area contributed by atoms with Gasteiger partial charge in [-0.05, 0) is 45.0 Å². The molecule has 1 aromatic carbocycles. The van der Waals surface area contributed by atoms with Crippen LogP contribution >= 0.6 is 0 Å². The summed E-state index contributed by atoms with van der Waals surface area (Å²) in [5.41, 5.74) is 6.72. The average molecular weight is 292 g/mol. The van der Waals surface area contributed by atoms with E-state index in [9.17, 15) is 4.79 Å². The maximum absolute atomic E-state index is 11.8. The van der Waals surface area contributed by atoms with E-state index in [0.29, 0.717) is 30.2 Å². The van der Waals surface area contributed by atoms with Gasteiger partial charge in [-0.3, -0.25) is 4.90 Å².